The molecule has 2 rings (SSSR count). The maximum atomic E-state index is 11.2. The van der Waals surface area contributed by atoms with Crippen molar-refractivity contribution in [2.24, 2.45) is 0 Å². The Morgan fingerprint density at radius 1 is 1.19 bits per heavy atom. The average Bonchev–Trinajstić information content (AvgIpc) is 2.99. The zero-order valence-electron chi connectivity index (χ0n) is 16.1. The van der Waals surface area contributed by atoms with Crippen LogP contribution in [0.4, 0.5) is 11.4 Å². The van der Waals surface area contributed by atoms with Crippen molar-refractivity contribution < 1.29 is 10.0 Å². The number of hydrogen-bond acceptors (Lipinski definition) is 5. The van der Waals surface area contributed by atoms with Gasteiger partial charge in [0.1, 0.15) is 5.66 Å². The zero-order chi connectivity index (χ0) is 19.0. The van der Waals surface area contributed by atoms with Gasteiger partial charge in [0.15, 0.2) is 0 Å². The molecule has 1 aliphatic rings. The van der Waals surface area contributed by atoms with Crippen LogP contribution in [-0.4, -0.2) is 42.3 Å². The highest BCUT2D eigenvalue weighted by molar-refractivity contribution is 5.91. The molecule has 0 saturated carbocycles. The van der Waals surface area contributed by atoms with E-state index in [0.29, 0.717) is 0 Å². The van der Waals surface area contributed by atoms with Crippen LogP contribution in [0.1, 0.15) is 51.0 Å². The van der Waals surface area contributed by atoms with Crippen molar-refractivity contribution in [1.82, 2.24) is 10.4 Å². The highest BCUT2D eigenvalue weighted by Gasteiger charge is 2.35. The van der Waals surface area contributed by atoms with Gasteiger partial charge in [-0.3, -0.25) is 10.0 Å². The molecule has 26 heavy (non-hydrogen) atoms. The molecule has 0 fully saturated rings. The van der Waals surface area contributed by atoms with Gasteiger partial charge in [-0.2, -0.15) is 0 Å². The van der Waals surface area contributed by atoms with E-state index < -0.39 is 5.91 Å². The third kappa shape index (κ3) is 5.75. The number of carbonyl (C=O) groups excluding carboxylic acids is 1. The summed E-state index contributed by atoms with van der Waals surface area (Å²) < 4.78 is 0. The number of fused-ring (bicyclic) bond motifs is 1. The Hall–Kier alpha value is -2.05. The molecule has 1 aromatic rings. The van der Waals surface area contributed by atoms with E-state index in [0.717, 1.165) is 36.3 Å². The molecule has 1 heterocycles. The van der Waals surface area contributed by atoms with Crippen LogP contribution in [0.3, 0.4) is 0 Å². The van der Waals surface area contributed by atoms with Crippen molar-refractivity contribution in [3.05, 3.63) is 29.8 Å². The maximum Gasteiger partial charge on any atom is 0.267 e. The Kier molecular flexibility index (Phi) is 7.48. The summed E-state index contributed by atoms with van der Waals surface area (Å²) in [5.74, 6) is -0.534. The van der Waals surface area contributed by atoms with Crippen LogP contribution in [0.2, 0.25) is 0 Å². The fourth-order valence-corrected chi connectivity index (χ4v) is 3.28. The van der Waals surface area contributed by atoms with Crippen LogP contribution < -0.4 is 16.1 Å². The number of anilines is 2. The summed E-state index contributed by atoms with van der Waals surface area (Å²) >= 11 is 0. The Morgan fingerprint density at radius 2 is 1.96 bits per heavy atom. The van der Waals surface area contributed by atoms with Gasteiger partial charge >= 0.3 is 0 Å². The molecule has 1 aromatic carbocycles. The largest absolute Gasteiger partial charge is 0.361 e. The lowest BCUT2D eigenvalue weighted by atomic mass is 9.98. The standard InChI is InChI=1S/C20H32N4O2/c1-4-5-6-7-12-20(13-14-24(2)3)21-17-10-8-16(15-18(17)22-20)9-11-19(25)23-26/h8-11,15,21-22,26H,4-7,12-14H2,1-3H3,(H,23,25)/b11-9+. The van der Waals surface area contributed by atoms with Crippen molar-refractivity contribution in [2.45, 2.75) is 51.1 Å². The summed E-state index contributed by atoms with van der Waals surface area (Å²) in [7, 11) is 4.20. The quantitative estimate of drug-likeness (QED) is 0.222. The van der Waals surface area contributed by atoms with Crippen LogP contribution in [-0.2, 0) is 4.79 Å². The van der Waals surface area contributed by atoms with E-state index in [2.05, 4.69) is 36.6 Å². The molecule has 0 saturated heterocycles. The first-order valence-electron chi connectivity index (χ1n) is 9.45. The lowest BCUT2D eigenvalue weighted by molar-refractivity contribution is -0.124. The minimum Gasteiger partial charge on any atom is -0.361 e. The highest BCUT2D eigenvalue weighted by atomic mass is 16.5. The molecule has 6 heteroatoms. The highest BCUT2D eigenvalue weighted by Crippen LogP contribution is 2.39. The maximum absolute atomic E-state index is 11.2. The number of nitrogens with one attached hydrogen (secondary N) is 3. The Morgan fingerprint density at radius 3 is 2.65 bits per heavy atom. The second-order valence-corrected chi connectivity index (χ2v) is 7.31. The normalized spacial score (nSPS) is 18.7. The predicted molar refractivity (Wildman–Crippen MR) is 107 cm³/mol. The number of amides is 1. The number of rotatable bonds is 10. The minimum atomic E-state index is -0.534. The summed E-state index contributed by atoms with van der Waals surface area (Å²) in [6.45, 7) is 3.24. The predicted octanol–water partition coefficient (Wildman–Crippen LogP) is 3.66. The second kappa shape index (κ2) is 9.59. The number of benzene rings is 1. The molecule has 1 aliphatic heterocycles. The first kappa shape index (κ1) is 20.3. The Bertz CT molecular complexity index is 630. The van der Waals surface area contributed by atoms with E-state index in [1.54, 1.807) is 11.6 Å². The van der Waals surface area contributed by atoms with Crippen LogP contribution in [0.5, 0.6) is 0 Å². The molecule has 0 spiro atoms. The van der Waals surface area contributed by atoms with Crippen LogP contribution >= 0.6 is 0 Å². The topological polar surface area (TPSA) is 76.6 Å². The van der Waals surface area contributed by atoms with Crippen molar-refractivity contribution >= 4 is 23.4 Å². The van der Waals surface area contributed by atoms with E-state index >= 15 is 0 Å². The first-order chi connectivity index (χ1) is 12.5. The summed E-state index contributed by atoms with van der Waals surface area (Å²) in [4.78, 5) is 13.4. The van der Waals surface area contributed by atoms with Gasteiger partial charge < -0.3 is 15.5 Å². The summed E-state index contributed by atoms with van der Waals surface area (Å²) in [6, 6.07) is 6.04. The number of carbonyl (C=O) groups is 1. The van der Waals surface area contributed by atoms with E-state index in [-0.39, 0.29) is 5.66 Å². The molecule has 144 valence electrons. The van der Waals surface area contributed by atoms with Crippen molar-refractivity contribution in [3.8, 4) is 0 Å². The van der Waals surface area contributed by atoms with Crippen LogP contribution in [0, 0.1) is 0 Å². The van der Waals surface area contributed by atoms with Crippen LogP contribution in [0.15, 0.2) is 24.3 Å². The molecule has 0 aromatic heterocycles. The van der Waals surface area contributed by atoms with Crippen LogP contribution in [0.25, 0.3) is 6.08 Å². The lowest BCUT2D eigenvalue weighted by Crippen LogP contribution is -2.44. The van der Waals surface area contributed by atoms with Gasteiger partial charge in [-0.05, 0) is 50.7 Å². The molecule has 1 unspecified atom stereocenters. The molecule has 0 radical (unpaired) electrons. The lowest BCUT2D eigenvalue weighted by Gasteiger charge is -2.32. The number of unbranched alkanes of at least 4 members (excludes halogenated alkanes) is 3. The van der Waals surface area contributed by atoms with Crippen molar-refractivity contribution in [3.63, 3.8) is 0 Å². The van der Waals surface area contributed by atoms with E-state index in [1.807, 2.05) is 18.2 Å². The molecule has 0 bridgehead atoms. The van der Waals surface area contributed by atoms with Gasteiger partial charge in [-0.15, -0.1) is 0 Å². The number of hydroxylamine groups is 1. The SMILES string of the molecule is CCCCCCC1(CCN(C)C)Nc2ccc(/C=C/C(=O)NO)cc2N1. The van der Waals surface area contributed by atoms with Gasteiger partial charge in [0, 0.05) is 19.0 Å². The second-order valence-electron chi connectivity index (χ2n) is 7.31. The van der Waals surface area contributed by atoms with Gasteiger partial charge in [0.2, 0.25) is 0 Å². The third-order valence-corrected chi connectivity index (χ3v) is 4.77. The molecule has 6 nitrogen and oxygen atoms in total. The number of hydrogen-bond donors (Lipinski definition) is 4. The van der Waals surface area contributed by atoms with E-state index in [1.165, 1.54) is 31.8 Å². The fraction of sp³-hybridized carbons (Fsp3) is 0.550. The minimum absolute atomic E-state index is 0.120. The summed E-state index contributed by atoms with van der Waals surface area (Å²) in [5, 5.41) is 16.0. The number of nitrogens with zero attached hydrogens (tertiary/aromatic N) is 1. The Balaban J connectivity index is 2.10. The summed E-state index contributed by atoms with van der Waals surface area (Å²) in [6.07, 6.45) is 10.1. The van der Waals surface area contributed by atoms with Gasteiger partial charge in [0.05, 0.1) is 11.4 Å². The Labute approximate surface area is 156 Å². The van der Waals surface area contributed by atoms with Crippen molar-refractivity contribution in [1.29, 1.82) is 0 Å². The van der Waals surface area contributed by atoms with Gasteiger partial charge in [-0.1, -0.05) is 32.3 Å². The first-order valence-corrected chi connectivity index (χ1v) is 9.45. The molecule has 0 aliphatic carbocycles. The zero-order valence-corrected chi connectivity index (χ0v) is 16.1. The molecule has 1 amide bonds. The van der Waals surface area contributed by atoms with E-state index in [9.17, 15) is 4.79 Å². The fourth-order valence-electron chi connectivity index (χ4n) is 3.28. The van der Waals surface area contributed by atoms with Crippen molar-refractivity contribution in [2.75, 3.05) is 31.3 Å². The molecule has 4 N–H and O–H groups in total. The smallest absolute Gasteiger partial charge is 0.267 e. The molecular formula is C20H32N4O2. The van der Waals surface area contributed by atoms with Gasteiger partial charge in [0.25, 0.3) is 5.91 Å². The molecule has 1 atom stereocenters. The molecular weight excluding hydrogens is 328 g/mol. The summed E-state index contributed by atoms with van der Waals surface area (Å²) in [5.41, 5.74) is 4.56. The van der Waals surface area contributed by atoms with Gasteiger partial charge in [-0.25, -0.2) is 5.48 Å². The third-order valence-electron chi connectivity index (χ3n) is 4.77. The monoisotopic (exact) mass is 360 g/mol. The van der Waals surface area contributed by atoms with E-state index in [4.69, 9.17) is 5.21 Å². The average molecular weight is 361 g/mol.